The Kier molecular flexibility index (Phi) is 4.69. The van der Waals surface area contributed by atoms with Crippen LogP contribution >= 0.6 is 11.6 Å². The van der Waals surface area contributed by atoms with Gasteiger partial charge in [-0.1, -0.05) is 23.7 Å². The molecule has 29 heavy (non-hydrogen) atoms. The van der Waals surface area contributed by atoms with Crippen LogP contribution in [0.3, 0.4) is 0 Å². The molecule has 4 aromatic rings. The lowest BCUT2D eigenvalue weighted by molar-refractivity contribution is -0.384. The first-order valence-electron chi connectivity index (χ1n) is 8.33. The van der Waals surface area contributed by atoms with Gasteiger partial charge in [0, 0.05) is 17.7 Å². The number of nitrogens with zero attached hydrogens (tertiary/aromatic N) is 2. The maximum Gasteiger partial charge on any atom is 0.270 e. The number of oxazole rings is 1. The third-order valence-electron chi connectivity index (χ3n) is 4.16. The molecule has 0 saturated carbocycles. The summed E-state index contributed by atoms with van der Waals surface area (Å²) in [6.45, 7) is 0. The summed E-state index contributed by atoms with van der Waals surface area (Å²) in [5, 5.41) is 13.3. The number of aromatic nitrogens is 1. The van der Waals surface area contributed by atoms with Crippen molar-refractivity contribution in [2.75, 3.05) is 5.32 Å². The number of hydrogen-bond donors (Lipinski definition) is 1. The standard InChI is InChI=1S/C20H11ClFN3O4/c21-14-7-6-12(25(27)28)10-13(14)19(26)23-17-9-11(5-8-15(17)22)20-24-16-3-1-2-4-18(16)29-20/h1-10H,(H,23,26). The van der Waals surface area contributed by atoms with Crippen LogP contribution in [0.2, 0.25) is 5.02 Å². The molecule has 1 amide bonds. The molecule has 0 radical (unpaired) electrons. The molecular formula is C20H11ClFN3O4. The maximum absolute atomic E-state index is 14.3. The highest BCUT2D eigenvalue weighted by atomic mass is 35.5. The molecule has 0 fully saturated rings. The minimum atomic E-state index is -0.785. The molecule has 9 heteroatoms. The molecule has 1 aromatic heterocycles. The number of amides is 1. The number of nitro groups is 1. The van der Waals surface area contributed by atoms with Crippen molar-refractivity contribution >= 4 is 40.0 Å². The largest absolute Gasteiger partial charge is 0.436 e. The molecule has 144 valence electrons. The van der Waals surface area contributed by atoms with E-state index in [1.54, 1.807) is 18.2 Å². The molecule has 0 bridgehead atoms. The van der Waals surface area contributed by atoms with E-state index in [1.807, 2.05) is 6.07 Å². The topological polar surface area (TPSA) is 98.3 Å². The number of benzene rings is 3. The van der Waals surface area contributed by atoms with Gasteiger partial charge in [0.1, 0.15) is 11.3 Å². The molecule has 0 unspecified atom stereocenters. The normalized spacial score (nSPS) is 10.8. The van der Waals surface area contributed by atoms with Gasteiger partial charge in [0.2, 0.25) is 5.89 Å². The highest BCUT2D eigenvalue weighted by Gasteiger charge is 2.18. The fourth-order valence-corrected chi connectivity index (χ4v) is 2.94. The molecule has 0 saturated heterocycles. The van der Waals surface area contributed by atoms with Crippen LogP contribution in [-0.4, -0.2) is 15.8 Å². The lowest BCUT2D eigenvalue weighted by atomic mass is 10.1. The van der Waals surface area contributed by atoms with E-state index in [0.29, 0.717) is 16.7 Å². The van der Waals surface area contributed by atoms with Crippen LogP contribution in [-0.2, 0) is 0 Å². The predicted octanol–water partition coefficient (Wildman–Crippen LogP) is 5.45. The Morgan fingerprint density at radius 3 is 2.69 bits per heavy atom. The van der Waals surface area contributed by atoms with E-state index in [-0.39, 0.29) is 27.9 Å². The monoisotopic (exact) mass is 411 g/mol. The van der Waals surface area contributed by atoms with Crippen molar-refractivity contribution in [3.8, 4) is 11.5 Å². The second kappa shape index (κ2) is 7.33. The van der Waals surface area contributed by atoms with Crippen molar-refractivity contribution < 1.29 is 18.5 Å². The average molecular weight is 412 g/mol. The van der Waals surface area contributed by atoms with Crippen LogP contribution in [0, 0.1) is 15.9 Å². The highest BCUT2D eigenvalue weighted by molar-refractivity contribution is 6.34. The van der Waals surface area contributed by atoms with Crippen LogP contribution in [0.1, 0.15) is 10.4 Å². The summed E-state index contributed by atoms with van der Waals surface area (Å²) in [5.74, 6) is -1.22. The first-order valence-corrected chi connectivity index (χ1v) is 8.71. The van der Waals surface area contributed by atoms with Gasteiger partial charge in [0.25, 0.3) is 11.6 Å². The van der Waals surface area contributed by atoms with E-state index in [9.17, 15) is 19.3 Å². The first kappa shape index (κ1) is 18.6. The van der Waals surface area contributed by atoms with Crippen LogP contribution in [0.4, 0.5) is 15.8 Å². The number of rotatable bonds is 4. The van der Waals surface area contributed by atoms with Gasteiger partial charge >= 0.3 is 0 Å². The predicted molar refractivity (Wildman–Crippen MR) is 105 cm³/mol. The zero-order chi connectivity index (χ0) is 20.5. The summed E-state index contributed by atoms with van der Waals surface area (Å²) in [5.41, 5.74) is 1.06. The fraction of sp³-hybridized carbons (Fsp3) is 0. The first-order chi connectivity index (χ1) is 13.9. The molecule has 1 heterocycles. The molecule has 3 aromatic carbocycles. The number of nitro benzene ring substituents is 1. The van der Waals surface area contributed by atoms with Gasteiger partial charge in [0.05, 0.1) is 21.2 Å². The number of hydrogen-bond acceptors (Lipinski definition) is 5. The van der Waals surface area contributed by atoms with E-state index in [4.69, 9.17) is 16.0 Å². The molecule has 0 aliphatic rings. The number of halogens is 2. The Labute approximate surface area is 167 Å². The second-order valence-corrected chi connectivity index (χ2v) is 6.46. The Hall–Kier alpha value is -3.78. The Morgan fingerprint density at radius 1 is 1.14 bits per heavy atom. The molecule has 0 spiro atoms. The number of fused-ring (bicyclic) bond motifs is 1. The summed E-state index contributed by atoms with van der Waals surface area (Å²) in [4.78, 5) is 27.1. The van der Waals surface area contributed by atoms with Crippen LogP contribution in [0.15, 0.2) is 65.1 Å². The average Bonchev–Trinajstić information content (AvgIpc) is 3.14. The number of anilines is 1. The number of nitrogens with one attached hydrogen (secondary N) is 1. The molecule has 4 rings (SSSR count). The van der Waals surface area contributed by atoms with Crippen LogP contribution in [0.25, 0.3) is 22.6 Å². The summed E-state index contributed by atoms with van der Waals surface area (Å²) in [6.07, 6.45) is 0. The molecule has 0 aliphatic carbocycles. The molecule has 0 aliphatic heterocycles. The summed E-state index contributed by atoms with van der Waals surface area (Å²) >= 11 is 5.97. The zero-order valence-electron chi connectivity index (χ0n) is 14.6. The van der Waals surface area contributed by atoms with E-state index in [2.05, 4.69) is 10.3 Å². The van der Waals surface area contributed by atoms with Gasteiger partial charge in [-0.25, -0.2) is 9.37 Å². The van der Waals surface area contributed by atoms with E-state index < -0.39 is 16.6 Å². The minimum absolute atomic E-state index is 0.00335. The third kappa shape index (κ3) is 3.65. The molecule has 1 N–H and O–H groups in total. The lowest BCUT2D eigenvalue weighted by Crippen LogP contribution is -2.14. The van der Waals surface area contributed by atoms with Crippen molar-refractivity contribution in [3.05, 3.63) is 87.2 Å². The van der Waals surface area contributed by atoms with Gasteiger partial charge in [-0.3, -0.25) is 14.9 Å². The van der Waals surface area contributed by atoms with Gasteiger partial charge in [-0.2, -0.15) is 0 Å². The molecule has 7 nitrogen and oxygen atoms in total. The number of para-hydroxylation sites is 2. The highest BCUT2D eigenvalue weighted by Crippen LogP contribution is 2.29. The van der Waals surface area contributed by atoms with Crippen molar-refractivity contribution in [2.24, 2.45) is 0 Å². The van der Waals surface area contributed by atoms with Gasteiger partial charge in [-0.05, 0) is 36.4 Å². The van der Waals surface area contributed by atoms with Crippen molar-refractivity contribution in [1.29, 1.82) is 0 Å². The summed E-state index contributed by atoms with van der Waals surface area (Å²) in [6, 6.07) is 14.6. The van der Waals surface area contributed by atoms with Gasteiger partial charge in [0.15, 0.2) is 5.58 Å². The Morgan fingerprint density at radius 2 is 1.93 bits per heavy atom. The Bertz CT molecular complexity index is 1240. The van der Waals surface area contributed by atoms with Crippen molar-refractivity contribution in [2.45, 2.75) is 0 Å². The number of carbonyl (C=O) groups excluding carboxylic acids is 1. The zero-order valence-corrected chi connectivity index (χ0v) is 15.3. The van der Waals surface area contributed by atoms with Crippen molar-refractivity contribution in [1.82, 2.24) is 4.98 Å². The van der Waals surface area contributed by atoms with E-state index >= 15 is 0 Å². The second-order valence-electron chi connectivity index (χ2n) is 6.06. The quantitative estimate of drug-likeness (QED) is 0.355. The molecular weight excluding hydrogens is 401 g/mol. The smallest absolute Gasteiger partial charge is 0.270 e. The van der Waals surface area contributed by atoms with Crippen LogP contribution in [0.5, 0.6) is 0 Å². The van der Waals surface area contributed by atoms with Crippen LogP contribution < -0.4 is 5.32 Å². The summed E-state index contributed by atoms with van der Waals surface area (Å²) < 4.78 is 19.9. The number of non-ortho nitro benzene ring substituents is 1. The SMILES string of the molecule is O=C(Nc1cc(-c2nc3ccccc3o2)ccc1F)c1cc([N+](=O)[O-])ccc1Cl. The fourth-order valence-electron chi connectivity index (χ4n) is 2.74. The molecule has 0 atom stereocenters. The summed E-state index contributed by atoms with van der Waals surface area (Å²) in [7, 11) is 0. The van der Waals surface area contributed by atoms with Crippen molar-refractivity contribution in [3.63, 3.8) is 0 Å². The minimum Gasteiger partial charge on any atom is -0.436 e. The van der Waals surface area contributed by atoms with E-state index in [1.165, 1.54) is 24.3 Å². The van der Waals surface area contributed by atoms with Gasteiger partial charge in [-0.15, -0.1) is 0 Å². The van der Waals surface area contributed by atoms with E-state index in [0.717, 1.165) is 12.1 Å². The lowest BCUT2D eigenvalue weighted by Gasteiger charge is -2.09. The number of carbonyl (C=O) groups is 1. The maximum atomic E-state index is 14.3. The third-order valence-corrected chi connectivity index (χ3v) is 4.49. The Balaban J connectivity index is 1.67. The van der Waals surface area contributed by atoms with Gasteiger partial charge < -0.3 is 9.73 Å².